The summed E-state index contributed by atoms with van der Waals surface area (Å²) in [5, 5.41) is 10.9. The number of hydrogen-bond donors (Lipinski definition) is 1. The number of carbonyl (C=O) groups is 1. The monoisotopic (exact) mass is 481 g/mol. The van der Waals surface area contributed by atoms with E-state index >= 15 is 0 Å². The number of aryl methyl sites for hydroxylation is 1. The highest BCUT2D eigenvalue weighted by molar-refractivity contribution is 5.85. The van der Waals surface area contributed by atoms with Crippen molar-refractivity contribution in [3.8, 4) is 11.1 Å². The molecule has 1 N–H and O–H groups in total. The van der Waals surface area contributed by atoms with Crippen molar-refractivity contribution in [1.29, 1.82) is 0 Å². The molecule has 35 heavy (non-hydrogen) atoms. The summed E-state index contributed by atoms with van der Waals surface area (Å²) >= 11 is 0. The lowest BCUT2D eigenvalue weighted by Crippen LogP contribution is -2.39. The largest absolute Gasteiger partial charge is 0.433 e. The molecule has 6 nitrogen and oxygen atoms in total. The van der Waals surface area contributed by atoms with E-state index in [-0.39, 0.29) is 11.5 Å². The van der Waals surface area contributed by atoms with Crippen LogP contribution in [0, 0.1) is 5.92 Å². The molecule has 1 aliphatic rings. The summed E-state index contributed by atoms with van der Waals surface area (Å²) in [7, 11) is 0. The van der Waals surface area contributed by atoms with Gasteiger partial charge in [-0.3, -0.25) is 14.6 Å². The molecule has 0 atom stereocenters. The Morgan fingerprint density at radius 1 is 1.06 bits per heavy atom. The first-order chi connectivity index (χ1) is 16.9. The van der Waals surface area contributed by atoms with E-state index in [0.717, 1.165) is 43.3 Å². The number of carbonyl (C=O) groups excluding carboxylic acids is 1. The van der Waals surface area contributed by atoms with Crippen molar-refractivity contribution in [1.82, 2.24) is 24.9 Å². The van der Waals surface area contributed by atoms with Gasteiger partial charge in [-0.1, -0.05) is 36.4 Å². The van der Waals surface area contributed by atoms with Gasteiger partial charge in [-0.15, -0.1) is 0 Å². The van der Waals surface area contributed by atoms with Crippen LogP contribution in [-0.4, -0.2) is 43.9 Å². The number of piperidine rings is 1. The molecule has 3 heterocycles. The lowest BCUT2D eigenvalue weighted by molar-refractivity contribution is -0.140. The molecule has 0 unspecified atom stereocenters. The summed E-state index contributed by atoms with van der Waals surface area (Å²) in [6.45, 7) is 2.19. The number of aromatic nitrogens is 4. The number of benzene rings is 2. The van der Waals surface area contributed by atoms with Crippen molar-refractivity contribution >= 4 is 16.8 Å². The fraction of sp³-hybridized carbons (Fsp3) is 0.346. The minimum Gasteiger partial charge on any atom is -0.343 e. The predicted molar refractivity (Wildman–Crippen MR) is 126 cm³/mol. The number of amides is 1. The Bertz CT molecular complexity index is 1300. The highest BCUT2D eigenvalue weighted by Crippen LogP contribution is 2.36. The Kier molecular flexibility index (Phi) is 6.32. The summed E-state index contributed by atoms with van der Waals surface area (Å²) in [5.41, 5.74) is 1.67. The van der Waals surface area contributed by atoms with Crippen LogP contribution in [0.4, 0.5) is 13.2 Å². The zero-order chi connectivity index (χ0) is 24.4. The summed E-state index contributed by atoms with van der Waals surface area (Å²) in [5.74, 6) is 0.587. The van der Waals surface area contributed by atoms with E-state index in [1.807, 2.05) is 46.0 Å². The normalized spacial score (nSPS) is 15.1. The van der Waals surface area contributed by atoms with Gasteiger partial charge in [0.1, 0.15) is 5.69 Å². The topological polar surface area (TPSA) is 66.8 Å². The number of fused-ring (bicyclic) bond motifs is 1. The van der Waals surface area contributed by atoms with E-state index in [4.69, 9.17) is 0 Å². The molecule has 1 saturated heterocycles. The number of rotatable bonds is 6. The minimum atomic E-state index is -4.50. The highest BCUT2D eigenvalue weighted by Gasteiger charge is 2.36. The summed E-state index contributed by atoms with van der Waals surface area (Å²) in [6, 6.07) is 15.2. The van der Waals surface area contributed by atoms with Crippen molar-refractivity contribution in [2.24, 2.45) is 5.92 Å². The fourth-order valence-corrected chi connectivity index (χ4v) is 4.78. The van der Waals surface area contributed by atoms with E-state index in [1.54, 1.807) is 18.3 Å². The van der Waals surface area contributed by atoms with E-state index in [0.29, 0.717) is 24.4 Å². The molecule has 2 aromatic heterocycles. The SMILES string of the molecule is O=C(CCc1ccccc1)N1CCC(Cn2ncc3cc(-c4cn[nH]c4C(F)(F)F)ccc32)CC1. The van der Waals surface area contributed by atoms with Gasteiger partial charge in [-0.2, -0.15) is 23.4 Å². The lowest BCUT2D eigenvalue weighted by Gasteiger charge is -2.32. The summed E-state index contributed by atoms with van der Waals surface area (Å²) in [4.78, 5) is 14.6. The molecule has 5 rings (SSSR count). The molecule has 0 saturated carbocycles. The van der Waals surface area contributed by atoms with Gasteiger partial charge in [0.2, 0.25) is 5.91 Å². The molecule has 1 amide bonds. The van der Waals surface area contributed by atoms with Gasteiger partial charge in [0.05, 0.1) is 17.9 Å². The molecule has 2 aromatic carbocycles. The number of H-pyrrole nitrogens is 1. The number of alkyl halides is 3. The summed E-state index contributed by atoms with van der Waals surface area (Å²) in [6.07, 6.45) is 1.47. The highest BCUT2D eigenvalue weighted by atomic mass is 19.4. The van der Waals surface area contributed by atoms with Crippen LogP contribution in [0.2, 0.25) is 0 Å². The van der Waals surface area contributed by atoms with Crippen molar-refractivity contribution < 1.29 is 18.0 Å². The minimum absolute atomic E-state index is 0.0245. The Labute approximate surface area is 200 Å². The quantitative estimate of drug-likeness (QED) is 0.406. The van der Waals surface area contributed by atoms with E-state index in [2.05, 4.69) is 15.3 Å². The average Bonchev–Trinajstić information content (AvgIpc) is 3.51. The second-order valence-electron chi connectivity index (χ2n) is 9.07. The molecule has 0 spiro atoms. The third-order valence-electron chi connectivity index (χ3n) is 6.74. The van der Waals surface area contributed by atoms with E-state index < -0.39 is 11.9 Å². The smallest absolute Gasteiger partial charge is 0.343 e. The van der Waals surface area contributed by atoms with Crippen LogP contribution in [0.1, 0.15) is 30.5 Å². The first-order valence-electron chi connectivity index (χ1n) is 11.8. The van der Waals surface area contributed by atoms with Crippen molar-refractivity contribution in [2.75, 3.05) is 13.1 Å². The molecule has 1 aliphatic heterocycles. The second kappa shape index (κ2) is 9.56. The van der Waals surface area contributed by atoms with Gasteiger partial charge < -0.3 is 4.90 Å². The van der Waals surface area contributed by atoms with Gasteiger partial charge in [-0.05, 0) is 48.4 Å². The number of likely N-dealkylation sites (tertiary alicyclic amines) is 1. The third-order valence-corrected chi connectivity index (χ3v) is 6.74. The molecular formula is C26H26F3N5O. The zero-order valence-corrected chi connectivity index (χ0v) is 19.1. The van der Waals surface area contributed by atoms with Crippen molar-refractivity contribution in [2.45, 2.75) is 38.4 Å². The number of aromatic amines is 1. The number of nitrogens with zero attached hydrogens (tertiary/aromatic N) is 4. The first-order valence-corrected chi connectivity index (χ1v) is 11.8. The molecule has 0 radical (unpaired) electrons. The van der Waals surface area contributed by atoms with Crippen LogP contribution in [0.5, 0.6) is 0 Å². The third kappa shape index (κ3) is 5.08. The molecule has 0 bridgehead atoms. The number of hydrogen-bond acceptors (Lipinski definition) is 3. The van der Waals surface area contributed by atoms with Crippen molar-refractivity contribution in [3.05, 3.63) is 72.2 Å². The zero-order valence-electron chi connectivity index (χ0n) is 19.1. The molecule has 0 aliphatic carbocycles. The van der Waals surface area contributed by atoms with E-state index in [9.17, 15) is 18.0 Å². The molecule has 9 heteroatoms. The molecular weight excluding hydrogens is 455 g/mol. The maximum atomic E-state index is 13.2. The number of halogens is 3. The fourth-order valence-electron chi connectivity index (χ4n) is 4.78. The Balaban J connectivity index is 1.19. The van der Waals surface area contributed by atoms with Gasteiger partial charge in [-0.25, -0.2) is 0 Å². The second-order valence-corrected chi connectivity index (χ2v) is 9.07. The molecule has 182 valence electrons. The Morgan fingerprint density at radius 2 is 1.83 bits per heavy atom. The maximum absolute atomic E-state index is 13.2. The van der Waals surface area contributed by atoms with Crippen LogP contribution in [0.3, 0.4) is 0 Å². The van der Waals surface area contributed by atoms with Gasteiger partial charge in [0, 0.05) is 37.0 Å². The van der Waals surface area contributed by atoms with Gasteiger partial charge >= 0.3 is 6.18 Å². The van der Waals surface area contributed by atoms with E-state index in [1.165, 1.54) is 11.8 Å². The van der Waals surface area contributed by atoms with Gasteiger partial charge in [0.25, 0.3) is 0 Å². The Hall–Kier alpha value is -3.62. The van der Waals surface area contributed by atoms with Crippen LogP contribution < -0.4 is 0 Å². The maximum Gasteiger partial charge on any atom is 0.433 e. The van der Waals surface area contributed by atoms with Crippen LogP contribution >= 0.6 is 0 Å². The average molecular weight is 482 g/mol. The van der Waals surface area contributed by atoms with Crippen LogP contribution in [-0.2, 0) is 23.9 Å². The van der Waals surface area contributed by atoms with Crippen molar-refractivity contribution in [3.63, 3.8) is 0 Å². The first kappa shape index (κ1) is 23.1. The predicted octanol–water partition coefficient (Wildman–Crippen LogP) is 5.32. The Morgan fingerprint density at radius 3 is 2.57 bits per heavy atom. The molecule has 1 fully saturated rings. The van der Waals surface area contributed by atoms with Crippen LogP contribution in [0.25, 0.3) is 22.0 Å². The molecule has 4 aromatic rings. The van der Waals surface area contributed by atoms with Crippen LogP contribution in [0.15, 0.2) is 60.9 Å². The lowest BCUT2D eigenvalue weighted by atomic mass is 9.96. The number of nitrogens with one attached hydrogen (secondary N) is 1. The van der Waals surface area contributed by atoms with Gasteiger partial charge in [0.15, 0.2) is 0 Å². The standard InChI is InChI=1S/C26H26F3N5O/c27-26(28,29)25-22(16-30-32-25)20-7-8-23-21(14-20)15-31-34(23)17-19-10-12-33(13-11-19)24(35)9-6-18-4-2-1-3-5-18/h1-5,7-8,14-16,19H,6,9-13,17H2,(H,30,32). The summed E-state index contributed by atoms with van der Waals surface area (Å²) < 4.78 is 41.6.